The summed E-state index contributed by atoms with van der Waals surface area (Å²) in [6.07, 6.45) is 8.16. The van der Waals surface area contributed by atoms with E-state index in [9.17, 15) is 0 Å². The van der Waals surface area contributed by atoms with E-state index in [-0.39, 0.29) is 0 Å². The van der Waals surface area contributed by atoms with Crippen LogP contribution in [0.1, 0.15) is 17.5 Å². The lowest BCUT2D eigenvalue weighted by Crippen LogP contribution is -2.33. The molecule has 0 saturated carbocycles. The van der Waals surface area contributed by atoms with Crippen molar-refractivity contribution in [2.24, 2.45) is 0 Å². The molecule has 0 aliphatic heterocycles. The molecular formula is C19H21N. The Morgan fingerprint density at radius 2 is 1.35 bits per heavy atom. The van der Waals surface area contributed by atoms with Crippen molar-refractivity contribution in [1.82, 2.24) is 5.32 Å². The molecule has 0 unspecified atom stereocenters. The van der Waals surface area contributed by atoms with E-state index in [0.29, 0.717) is 6.04 Å². The number of hydrogen-bond acceptors (Lipinski definition) is 1. The molecule has 2 rings (SSSR count). The van der Waals surface area contributed by atoms with Crippen molar-refractivity contribution in [2.45, 2.75) is 25.3 Å². The fourth-order valence-corrected chi connectivity index (χ4v) is 2.36. The van der Waals surface area contributed by atoms with Crippen LogP contribution in [0, 0.1) is 12.3 Å². The zero-order valence-electron chi connectivity index (χ0n) is 11.8. The average Bonchev–Trinajstić information content (AvgIpc) is 2.49. The maximum atomic E-state index is 5.33. The first-order chi connectivity index (χ1) is 9.88. The number of nitrogens with one attached hydrogen (secondary N) is 1. The van der Waals surface area contributed by atoms with Gasteiger partial charge in [0.2, 0.25) is 0 Å². The lowest BCUT2D eigenvalue weighted by Gasteiger charge is -2.18. The second-order valence-electron chi connectivity index (χ2n) is 4.98. The van der Waals surface area contributed by atoms with E-state index in [2.05, 4.69) is 71.9 Å². The van der Waals surface area contributed by atoms with Crippen molar-refractivity contribution in [2.75, 3.05) is 6.54 Å². The summed E-state index contributed by atoms with van der Waals surface area (Å²) in [6.45, 7) is 0.876. The Morgan fingerprint density at radius 3 is 1.80 bits per heavy atom. The third-order valence-electron chi connectivity index (χ3n) is 3.35. The van der Waals surface area contributed by atoms with Crippen LogP contribution in [0.3, 0.4) is 0 Å². The number of hydrogen-bond donors (Lipinski definition) is 1. The van der Waals surface area contributed by atoms with Crippen LogP contribution in [0.4, 0.5) is 0 Å². The molecule has 0 amide bonds. The lowest BCUT2D eigenvalue weighted by atomic mass is 9.99. The van der Waals surface area contributed by atoms with Crippen molar-refractivity contribution < 1.29 is 0 Å². The predicted octanol–water partition coefficient (Wildman–Crippen LogP) is 3.45. The van der Waals surface area contributed by atoms with Gasteiger partial charge in [0.15, 0.2) is 0 Å². The van der Waals surface area contributed by atoms with E-state index >= 15 is 0 Å². The van der Waals surface area contributed by atoms with Gasteiger partial charge in [-0.2, -0.15) is 0 Å². The van der Waals surface area contributed by atoms with Crippen molar-refractivity contribution in [3.05, 3.63) is 71.8 Å². The molecule has 0 aliphatic carbocycles. The first-order valence-corrected chi connectivity index (χ1v) is 7.13. The molecule has 0 bridgehead atoms. The zero-order valence-corrected chi connectivity index (χ0v) is 11.8. The quantitative estimate of drug-likeness (QED) is 0.596. The Kier molecular flexibility index (Phi) is 5.89. The topological polar surface area (TPSA) is 12.0 Å². The molecule has 0 aliphatic rings. The van der Waals surface area contributed by atoms with E-state index in [1.54, 1.807) is 0 Å². The summed E-state index contributed by atoms with van der Waals surface area (Å²) in [7, 11) is 0. The summed E-state index contributed by atoms with van der Waals surface area (Å²) in [5, 5.41) is 3.58. The average molecular weight is 263 g/mol. The Balaban J connectivity index is 1.99. The first kappa shape index (κ1) is 14.4. The molecule has 0 fully saturated rings. The van der Waals surface area contributed by atoms with Crippen LogP contribution in [0.5, 0.6) is 0 Å². The molecule has 0 saturated heterocycles. The van der Waals surface area contributed by atoms with Crippen LogP contribution in [-0.4, -0.2) is 12.6 Å². The van der Waals surface area contributed by atoms with Crippen molar-refractivity contribution in [1.29, 1.82) is 0 Å². The van der Waals surface area contributed by atoms with Gasteiger partial charge in [-0.25, -0.2) is 0 Å². The second kappa shape index (κ2) is 8.19. The summed E-state index contributed by atoms with van der Waals surface area (Å²) in [5.74, 6) is 2.69. The molecule has 1 heteroatoms. The molecule has 1 N–H and O–H groups in total. The fraction of sp³-hybridized carbons (Fsp3) is 0.263. The van der Waals surface area contributed by atoms with Crippen LogP contribution in [0.25, 0.3) is 0 Å². The van der Waals surface area contributed by atoms with Crippen LogP contribution in [0.2, 0.25) is 0 Å². The minimum absolute atomic E-state index is 0.424. The fourth-order valence-electron chi connectivity index (χ4n) is 2.36. The Morgan fingerprint density at radius 1 is 0.850 bits per heavy atom. The molecule has 1 nitrogen and oxygen atoms in total. The standard InChI is InChI=1S/C19H21N/c1-2-3-14-20-19(15-17-10-6-4-7-11-17)16-18-12-8-5-9-13-18/h1,4-13,19-20H,3,14-16H2. The van der Waals surface area contributed by atoms with Gasteiger partial charge in [0.1, 0.15) is 0 Å². The molecule has 0 spiro atoms. The highest BCUT2D eigenvalue weighted by molar-refractivity contribution is 5.19. The summed E-state index contributed by atoms with van der Waals surface area (Å²) in [4.78, 5) is 0. The van der Waals surface area contributed by atoms with Crippen molar-refractivity contribution >= 4 is 0 Å². The second-order valence-corrected chi connectivity index (χ2v) is 4.98. The normalized spacial score (nSPS) is 10.4. The largest absolute Gasteiger partial charge is 0.312 e. The molecular weight excluding hydrogens is 242 g/mol. The highest BCUT2D eigenvalue weighted by Gasteiger charge is 2.09. The summed E-state index contributed by atoms with van der Waals surface area (Å²) in [5.41, 5.74) is 2.73. The predicted molar refractivity (Wildman–Crippen MR) is 85.5 cm³/mol. The van der Waals surface area contributed by atoms with Crippen LogP contribution in [0.15, 0.2) is 60.7 Å². The van der Waals surface area contributed by atoms with E-state index in [1.165, 1.54) is 11.1 Å². The highest BCUT2D eigenvalue weighted by Crippen LogP contribution is 2.09. The number of benzene rings is 2. The van der Waals surface area contributed by atoms with Gasteiger partial charge < -0.3 is 5.32 Å². The van der Waals surface area contributed by atoms with Crippen LogP contribution >= 0.6 is 0 Å². The van der Waals surface area contributed by atoms with Gasteiger partial charge in [-0.15, -0.1) is 12.3 Å². The molecule has 0 heterocycles. The van der Waals surface area contributed by atoms with Crippen LogP contribution in [-0.2, 0) is 12.8 Å². The number of rotatable bonds is 7. The van der Waals surface area contributed by atoms with Gasteiger partial charge in [-0.1, -0.05) is 60.7 Å². The molecule has 0 atom stereocenters. The molecule has 2 aromatic rings. The first-order valence-electron chi connectivity index (χ1n) is 7.13. The Hall–Kier alpha value is -2.04. The van der Waals surface area contributed by atoms with Gasteiger partial charge in [0.25, 0.3) is 0 Å². The minimum atomic E-state index is 0.424. The summed E-state index contributed by atoms with van der Waals surface area (Å²) < 4.78 is 0. The SMILES string of the molecule is C#CCCNC(Cc1ccccc1)Cc1ccccc1. The molecule has 0 aromatic heterocycles. The molecule has 2 aromatic carbocycles. The summed E-state index contributed by atoms with van der Waals surface area (Å²) >= 11 is 0. The number of terminal acetylenes is 1. The smallest absolute Gasteiger partial charge is 0.0212 e. The molecule has 102 valence electrons. The lowest BCUT2D eigenvalue weighted by molar-refractivity contribution is 0.513. The highest BCUT2D eigenvalue weighted by atomic mass is 14.9. The van der Waals surface area contributed by atoms with E-state index in [1.807, 2.05) is 0 Å². The zero-order chi connectivity index (χ0) is 14.0. The van der Waals surface area contributed by atoms with Gasteiger partial charge in [-0.3, -0.25) is 0 Å². The maximum absolute atomic E-state index is 5.33. The molecule has 20 heavy (non-hydrogen) atoms. The molecule has 0 radical (unpaired) electrons. The van der Waals surface area contributed by atoms with E-state index in [4.69, 9.17) is 6.42 Å². The maximum Gasteiger partial charge on any atom is 0.0212 e. The monoisotopic (exact) mass is 263 g/mol. The Labute approximate surface area is 122 Å². The minimum Gasteiger partial charge on any atom is -0.312 e. The van der Waals surface area contributed by atoms with Crippen molar-refractivity contribution in [3.8, 4) is 12.3 Å². The Bertz CT molecular complexity index is 483. The van der Waals surface area contributed by atoms with Crippen molar-refractivity contribution in [3.63, 3.8) is 0 Å². The van der Waals surface area contributed by atoms with Gasteiger partial charge >= 0.3 is 0 Å². The van der Waals surface area contributed by atoms with Gasteiger partial charge in [0, 0.05) is 19.0 Å². The third kappa shape index (κ3) is 4.91. The van der Waals surface area contributed by atoms with E-state index < -0.39 is 0 Å². The van der Waals surface area contributed by atoms with Crippen LogP contribution < -0.4 is 5.32 Å². The van der Waals surface area contributed by atoms with E-state index in [0.717, 1.165) is 25.8 Å². The summed E-state index contributed by atoms with van der Waals surface area (Å²) in [6, 6.07) is 21.6. The van der Waals surface area contributed by atoms with Gasteiger partial charge in [0.05, 0.1) is 0 Å². The van der Waals surface area contributed by atoms with Gasteiger partial charge in [-0.05, 0) is 24.0 Å². The third-order valence-corrected chi connectivity index (χ3v) is 3.35.